The average molecular weight is 379 g/mol. The number of ether oxygens (including phenoxy) is 2. The Morgan fingerprint density at radius 1 is 1.07 bits per heavy atom. The average Bonchev–Trinajstić information content (AvgIpc) is 3.13. The van der Waals surface area contributed by atoms with E-state index in [0.717, 1.165) is 11.1 Å². The Bertz CT molecular complexity index is 861. The number of rotatable bonds is 4. The summed E-state index contributed by atoms with van der Waals surface area (Å²) in [6.45, 7) is 5.98. The van der Waals surface area contributed by atoms with E-state index in [0.29, 0.717) is 6.42 Å². The summed E-state index contributed by atoms with van der Waals surface area (Å²) in [7, 11) is 0. The number of hydrogen-bond acceptors (Lipinski definition) is 4. The molecule has 1 saturated heterocycles. The maximum atomic E-state index is 12.8. The third-order valence-corrected chi connectivity index (χ3v) is 5.53. The van der Waals surface area contributed by atoms with Crippen molar-refractivity contribution in [2.24, 2.45) is 5.92 Å². The van der Waals surface area contributed by atoms with Crippen LogP contribution in [0.25, 0.3) is 11.1 Å². The van der Waals surface area contributed by atoms with Crippen LogP contribution in [0.5, 0.6) is 0 Å². The number of nitrogens with zero attached hydrogens (tertiary/aromatic N) is 1. The topological polar surface area (TPSA) is 55.8 Å². The van der Waals surface area contributed by atoms with Gasteiger partial charge in [0.25, 0.3) is 0 Å². The maximum absolute atomic E-state index is 12.8. The highest BCUT2D eigenvalue weighted by Crippen LogP contribution is 2.44. The van der Waals surface area contributed by atoms with E-state index < -0.39 is 18.4 Å². The quantitative estimate of drug-likeness (QED) is 0.731. The van der Waals surface area contributed by atoms with Gasteiger partial charge in [-0.3, -0.25) is 4.90 Å². The number of carbonyl (C=O) groups is 2. The predicted molar refractivity (Wildman–Crippen MR) is 106 cm³/mol. The molecule has 1 aliphatic heterocycles. The molecule has 1 heterocycles. The number of carbonyl (C=O) groups excluding carboxylic acids is 2. The van der Waals surface area contributed by atoms with Crippen molar-refractivity contribution in [1.82, 2.24) is 4.90 Å². The largest absolute Gasteiger partial charge is 0.448 e. The normalized spacial score (nSPS) is 20.9. The van der Waals surface area contributed by atoms with Gasteiger partial charge in [0.2, 0.25) is 0 Å². The molecule has 28 heavy (non-hydrogen) atoms. The fourth-order valence-corrected chi connectivity index (χ4v) is 4.27. The van der Waals surface area contributed by atoms with Gasteiger partial charge in [0.1, 0.15) is 12.6 Å². The lowest BCUT2D eigenvalue weighted by molar-refractivity contribution is -0.142. The van der Waals surface area contributed by atoms with Crippen molar-refractivity contribution >= 4 is 12.1 Å². The SMILES string of the molecule is CC(C)C[C@H]1C(=O)O[C@H](C)N1C(=O)OCC1c2ccccc2-c2ccccc21. The lowest BCUT2D eigenvalue weighted by Crippen LogP contribution is -2.43. The Morgan fingerprint density at radius 3 is 2.21 bits per heavy atom. The first-order chi connectivity index (χ1) is 13.5. The Kier molecular flexibility index (Phi) is 4.84. The monoisotopic (exact) mass is 379 g/mol. The minimum absolute atomic E-state index is 0.00516. The van der Waals surface area contributed by atoms with Crippen LogP contribution in [0.1, 0.15) is 44.2 Å². The Balaban J connectivity index is 1.53. The first-order valence-electron chi connectivity index (χ1n) is 9.81. The molecule has 1 aliphatic carbocycles. The van der Waals surface area contributed by atoms with Crippen molar-refractivity contribution in [3.05, 3.63) is 59.7 Å². The third kappa shape index (κ3) is 3.15. The number of hydrogen-bond donors (Lipinski definition) is 0. The van der Waals surface area contributed by atoms with Gasteiger partial charge in [-0.25, -0.2) is 9.59 Å². The van der Waals surface area contributed by atoms with E-state index in [4.69, 9.17) is 9.47 Å². The minimum Gasteiger partial charge on any atom is -0.448 e. The van der Waals surface area contributed by atoms with Gasteiger partial charge in [-0.05, 0) is 41.5 Å². The lowest BCUT2D eigenvalue weighted by Gasteiger charge is -2.25. The number of benzene rings is 2. The summed E-state index contributed by atoms with van der Waals surface area (Å²) in [6.07, 6.45) is -0.536. The first kappa shape index (κ1) is 18.5. The van der Waals surface area contributed by atoms with Crippen LogP contribution < -0.4 is 0 Å². The van der Waals surface area contributed by atoms with Crippen molar-refractivity contribution < 1.29 is 19.1 Å². The van der Waals surface area contributed by atoms with Gasteiger partial charge >= 0.3 is 12.1 Å². The van der Waals surface area contributed by atoms with Crippen LogP contribution in [-0.2, 0) is 14.3 Å². The van der Waals surface area contributed by atoms with E-state index >= 15 is 0 Å². The van der Waals surface area contributed by atoms with Crippen LogP contribution in [0.3, 0.4) is 0 Å². The fraction of sp³-hybridized carbons (Fsp3) is 0.391. The maximum Gasteiger partial charge on any atom is 0.413 e. The second-order valence-electron chi connectivity index (χ2n) is 7.89. The van der Waals surface area contributed by atoms with Crippen LogP contribution in [0, 0.1) is 5.92 Å². The smallest absolute Gasteiger partial charge is 0.413 e. The molecule has 2 aromatic carbocycles. The highest BCUT2D eigenvalue weighted by Gasteiger charge is 2.44. The summed E-state index contributed by atoms with van der Waals surface area (Å²) in [4.78, 5) is 26.4. The molecule has 0 N–H and O–H groups in total. The fourth-order valence-electron chi connectivity index (χ4n) is 4.27. The summed E-state index contributed by atoms with van der Waals surface area (Å²) >= 11 is 0. The zero-order valence-electron chi connectivity index (χ0n) is 16.4. The Morgan fingerprint density at radius 2 is 1.64 bits per heavy atom. The van der Waals surface area contributed by atoms with Crippen LogP contribution in [0.2, 0.25) is 0 Å². The van der Waals surface area contributed by atoms with Crippen molar-refractivity contribution in [2.45, 2.75) is 45.4 Å². The number of fused-ring (bicyclic) bond motifs is 3. The molecule has 1 amide bonds. The van der Waals surface area contributed by atoms with E-state index in [-0.39, 0.29) is 24.4 Å². The molecule has 146 valence electrons. The van der Waals surface area contributed by atoms with Crippen LogP contribution >= 0.6 is 0 Å². The zero-order chi connectivity index (χ0) is 19.8. The molecule has 5 heteroatoms. The molecular formula is C23H25NO4. The van der Waals surface area contributed by atoms with Gasteiger partial charge in [-0.2, -0.15) is 0 Å². The molecule has 2 aromatic rings. The first-order valence-corrected chi connectivity index (χ1v) is 9.81. The Labute approximate surface area is 165 Å². The van der Waals surface area contributed by atoms with E-state index in [9.17, 15) is 9.59 Å². The van der Waals surface area contributed by atoms with E-state index in [1.54, 1.807) is 6.92 Å². The summed E-state index contributed by atoms with van der Waals surface area (Å²) in [5.41, 5.74) is 4.70. The molecular weight excluding hydrogens is 354 g/mol. The molecule has 0 unspecified atom stereocenters. The molecule has 0 saturated carbocycles. The van der Waals surface area contributed by atoms with Crippen LogP contribution in [0.15, 0.2) is 48.5 Å². The molecule has 0 aromatic heterocycles. The summed E-state index contributed by atoms with van der Waals surface area (Å²) < 4.78 is 11.0. The van der Waals surface area contributed by atoms with E-state index in [1.807, 2.05) is 38.1 Å². The molecule has 2 atom stereocenters. The Hall–Kier alpha value is -2.82. The molecule has 1 fully saturated rings. The van der Waals surface area contributed by atoms with Crippen molar-refractivity contribution in [2.75, 3.05) is 6.61 Å². The standard InChI is InChI=1S/C23H25NO4/c1-14(2)12-21-22(25)28-15(3)24(21)23(26)27-13-20-18-10-6-4-8-16(18)17-9-5-7-11-19(17)20/h4-11,14-15,20-21H,12-13H2,1-3H3/t15-,21+/m1/s1. The van der Waals surface area contributed by atoms with Gasteiger partial charge in [0, 0.05) is 5.92 Å². The molecule has 2 aliphatic rings. The van der Waals surface area contributed by atoms with Crippen LogP contribution in [0.4, 0.5) is 4.79 Å². The summed E-state index contributed by atoms with van der Waals surface area (Å²) in [6, 6.07) is 15.9. The van der Waals surface area contributed by atoms with E-state index in [2.05, 4.69) is 24.3 Å². The van der Waals surface area contributed by atoms with Gasteiger partial charge in [0.05, 0.1) is 0 Å². The molecule has 0 radical (unpaired) electrons. The molecule has 4 rings (SSSR count). The third-order valence-electron chi connectivity index (χ3n) is 5.53. The van der Waals surface area contributed by atoms with Crippen molar-refractivity contribution in [3.8, 4) is 11.1 Å². The second-order valence-corrected chi connectivity index (χ2v) is 7.89. The predicted octanol–water partition coefficient (Wildman–Crippen LogP) is 4.56. The van der Waals surface area contributed by atoms with Gasteiger partial charge < -0.3 is 9.47 Å². The molecule has 0 spiro atoms. The van der Waals surface area contributed by atoms with Gasteiger partial charge in [0.15, 0.2) is 6.23 Å². The van der Waals surface area contributed by atoms with Gasteiger partial charge in [-0.15, -0.1) is 0 Å². The minimum atomic E-state index is -0.605. The summed E-state index contributed by atoms with van der Waals surface area (Å²) in [5, 5.41) is 0. The molecule has 5 nitrogen and oxygen atoms in total. The summed E-state index contributed by atoms with van der Waals surface area (Å²) in [5.74, 6) is -0.0872. The van der Waals surface area contributed by atoms with Gasteiger partial charge in [-0.1, -0.05) is 62.4 Å². The number of esters is 1. The highest BCUT2D eigenvalue weighted by molar-refractivity contribution is 5.84. The van der Waals surface area contributed by atoms with Crippen LogP contribution in [-0.4, -0.2) is 35.8 Å². The van der Waals surface area contributed by atoms with Crippen molar-refractivity contribution in [3.63, 3.8) is 0 Å². The number of cyclic esters (lactones) is 1. The van der Waals surface area contributed by atoms with Crippen molar-refractivity contribution in [1.29, 1.82) is 0 Å². The lowest BCUT2D eigenvalue weighted by atomic mass is 9.98. The molecule has 0 bridgehead atoms. The second kappa shape index (κ2) is 7.30. The highest BCUT2D eigenvalue weighted by atomic mass is 16.6. The number of amides is 1. The van der Waals surface area contributed by atoms with E-state index in [1.165, 1.54) is 16.0 Å². The zero-order valence-corrected chi connectivity index (χ0v) is 16.4.